The highest BCUT2D eigenvalue weighted by atomic mass is 127. The Balaban J connectivity index is 0.00000529. The van der Waals surface area contributed by atoms with Crippen LogP contribution >= 0.6 is 24.0 Å². The standard InChI is InChI=1S/C18H32N4O.HI/c1-15(2)9-8-10-16(3)21-18(19)20-12-5-7-14-22-13-6-4-11-17(22)23;/h4,6,11,13,15-16H,5,7-10,12,14H2,1-3H3,(H3,19,20,21);1H. The number of nitrogens with zero attached hydrogens (tertiary/aromatic N) is 2. The number of aliphatic imine (C=N–C) groups is 1. The highest BCUT2D eigenvalue weighted by molar-refractivity contribution is 14.0. The molecule has 0 fully saturated rings. The molecule has 1 rings (SSSR count). The zero-order valence-electron chi connectivity index (χ0n) is 15.2. The van der Waals surface area contributed by atoms with E-state index in [0.717, 1.165) is 31.7 Å². The van der Waals surface area contributed by atoms with Crippen LogP contribution in [0.4, 0.5) is 0 Å². The van der Waals surface area contributed by atoms with E-state index < -0.39 is 0 Å². The normalized spacial score (nSPS) is 12.8. The molecular formula is C18H33IN4O. The monoisotopic (exact) mass is 448 g/mol. The molecule has 0 aliphatic carbocycles. The van der Waals surface area contributed by atoms with E-state index in [-0.39, 0.29) is 29.5 Å². The van der Waals surface area contributed by atoms with E-state index in [1.54, 1.807) is 16.7 Å². The fourth-order valence-electron chi connectivity index (χ4n) is 2.44. The SMILES string of the molecule is CC(C)CCCC(C)NC(N)=NCCCCn1ccccc1=O.I. The van der Waals surface area contributed by atoms with Crippen molar-refractivity contribution in [1.82, 2.24) is 9.88 Å². The Bertz CT molecular complexity index is 528. The van der Waals surface area contributed by atoms with Crippen LogP contribution < -0.4 is 16.6 Å². The third-order valence-electron chi connectivity index (χ3n) is 3.80. The van der Waals surface area contributed by atoms with Gasteiger partial charge in [0.05, 0.1) is 0 Å². The van der Waals surface area contributed by atoms with Gasteiger partial charge >= 0.3 is 0 Å². The predicted octanol–water partition coefficient (Wildman–Crippen LogP) is 3.37. The molecule has 138 valence electrons. The number of aromatic nitrogens is 1. The van der Waals surface area contributed by atoms with E-state index in [4.69, 9.17) is 5.73 Å². The van der Waals surface area contributed by atoms with Gasteiger partial charge in [0.2, 0.25) is 5.56 Å². The van der Waals surface area contributed by atoms with Gasteiger partial charge < -0.3 is 15.6 Å². The summed E-state index contributed by atoms with van der Waals surface area (Å²) < 4.78 is 1.72. The maximum absolute atomic E-state index is 11.5. The number of hydrogen-bond acceptors (Lipinski definition) is 2. The van der Waals surface area contributed by atoms with Crippen molar-refractivity contribution in [2.75, 3.05) is 6.54 Å². The molecule has 0 bridgehead atoms. The summed E-state index contributed by atoms with van der Waals surface area (Å²) >= 11 is 0. The lowest BCUT2D eigenvalue weighted by molar-refractivity contribution is 0.493. The first-order chi connectivity index (χ1) is 11.0. The lowest BCUT2D eigenvalue weighted by Crippen LogP contribution is -2.38. The third-order valence-corrected chi connectivity index (χ3v) is 3.80. The van der Waals surface area contributed by atoms with Crippen molar-refractivity contribution in [3.05, 3.63) is 34.7 Å². The Morgan fingerprint density at radius 2 is 1.96 bits per heavy atom. The van der Waals surface area contributed by atoms with Gasteiger partial charge in [-0.25, -0.2) is 0 Å². The van der Waals surface area contributed by atoms with Gasteiger partial charge in [-0.15, -0.1) is 24.0 Å². The first-order valence-electron chi connectivity index (χ1n) is 8.71. The topological polar surface area (TPSA) is 72.4 Å². The van der Waals surface area contributed by atoms with Crippen LogP contribution in [-0.4, -0.2) is 23.1 Å². The number of guanidine groups is 1. The van der Waals surface area contributed by atoms with Gasteiger partial charge in [-0.2, -0.15) is 0 Å². The van der Waals surface area contributed by atoms with Gasteiger partial charge in [-0.3, -0.25) is 9.79 Å². The first kappa shape index (κ1) is 22.9. The van der Waals surface area contributed by atoms with Crippen LogP contribution in [0.2, 0.25) is 0 Å². The van der Waals surface area contributed by atoms with Crippen LogP contribution in [0, 0.1) is 5.92 Å². The molecule has 0 radical (unpaired) electrons. The largest absolute Gasteiger partial charge is 0.370 e. The number of nitrogens with one attached hydrogen (secondary N) is 1. The van der Waals surface area contributed by atoms with Crippen molar-refractivity contribution in [1.29, 1.82) is 0 Å². The number of rotatable bonds is 10. The Kier molecular flexibility index (Phi) is 12.7. The lowest BCUT2D eigenvalue weighted by atomic mass is 10.0. The summed E-state index contributed by atoms with van der Waals surface area (Å²) in [7, 11) is 0. The van der Waals surface area contributed by atoms with Crippen molar-refractivity contribution in [3.8, 4) is 0 Å². The van der Waals surface area contributed by atoms with Gasteiger partial charge in [-0.05, 0) is 38.2 Å². The van der Waals surface area contributed by atoms with Crippen molar-refractivity contribution >= 4 is 29.9 Å². The molecule has 3 N–H and O–H groups in total. The summed E-state index contributed by atoms with van der Waals surface area (Å²) in [5, 5.41) is 3.24. The Morgan fingerprint density at radius 1 is 1.21 bits per heavy atom. The van der Waals surface area contributed by atoms with E-state index in [0.29, 0.717) is 18.5 Å². The summed E-state index contributed by atoms with van der Waals surface area (Å²) in [6.45, 7) is 8.06. The number of nitrogens with two attached hydrogens (primary N) is 1. The molecule has 0 amide bonds. The van der Waals surface area contributed by atoms with Crippen LogP contribution in [-0.2, 0) is 6.54 Å². The highest BCUT2D eigenvalue weighted by Crippen LogP contribution is 2.07. The second-order valence-corrected chi connectivity index (χ2v) is 6.58. The molecule has 0 aromatic carbocycles. The molecule has 5 nitrogen and oxygen atoms in total. The summed E-state index contributed by atoms with van der Waals surface area (Å²) in [4.78, 5) is 15.9. The summed E-state index contributed by atoms with van der Waals surface area (Å²) in [5.74, 6) is 1.28. The molecule has 24 heavy (non-hydrogen) atoms. The molecule has 0 spiro atoms. The molecule has 0 aliphatic heterocycles. The third kappa shape index (κ3) is 10.7. The maximum atomic E-state index is 11.5. The van der Waals surface area contributed by atoms with Gasteiger partial charge in [0, 0.05) is 31.4 Å². The van der Waals surface area contributed by atoms with E-state index in [2.05, 4.69) is 31.1 Å². The minimum Gasteiger partial charge on any atom is -0.370 e. The summed E-state index contributed by atoms with van der Waals surface area (Å²) in [6.07, 6.45) is 7.24. The van der Waals surface area contributed by atoms with Crippen LogP contribution in [0.15, 0.2) is 34.2 Å². The lowest BCUT2D eigenvalue weighted by Gasteiger charge is -2.15. The molecule has 0 saturated carbocycles. The number of aryl methyl sites for hydroxylation is 1. The van der Waals surface area contributed by atoms with Crippen LogP contribution in [0.3, 0.4) is 0 Å². The molecule has 0 aliphatic rings. The molecule has 6 heteroatoms. The Morgan fingerprint density at radius 3 is 2.62 bits per heavy atom. The second-order valence-electron chi connectivity index (χ2n) is 6.58. The van der Waals surface area contributed by atoms with Gasteiger partial charge in [0.1, 0.15) is 0 Å². The summed E-state index contributed by atoms with van der Waals surface area (Å²) in [5.41, 5.74) is 5.96. The van der Waals surface area contributed by atoms with E-state index in [1.165, 1.54) is 12.8 Å². The molecular weight excluding hydrogens is 415 g/mol. The van der Waals surface area contributed by atoms with Crippen molar-refractivity contribution in [2.24, 2.45) is 16.6 Å². The molecule has 1 aromatic rings. The zero-order valence-corrected chi connectivity index (χ0v) is 17.5. The summed E-state index contributed by atoms with van der Waals surface area (Å²) in [6, 6.07) is 5.58. The first-order valence-corrected chi connectivity index (χ1v) is 8.71. The molecule has 1 aromatic heterocycles. The minimum absolute atomic E-state index is 0. The van der Waals surface area contributed by atoms with Crippen LogP contribution in [0.25, 0.3) is 0 Å². The number of unbranched alkanes of at least 4 members (excludes halogenated alkanes) is 1. The van der Waals surface area contributed by atoms with Crippen molar-refractivity contribution in [3.63, 3.8) is 0 Å². The average Bonchev–Trinajstić information content (AvgIpc) is 2.48. The Hall–Kier alpha value is -1.05. The van der Waals surface area contributed by atoms with E-state index in [1.807, 2.05) is 12.3 Å². The molecule has 1 atom stereocenters. The molecule has 1 heterocycles. The molecule has 1 unspecified atom stereocenters. The average molecular weight is 448 g/mol. The number of halogens is 1. The van der Waals surface area contributed by atoms with Crippen LogP contribution in [0.5, 0.6) is 0 Å². The Labute approximate surface area is 163 Å². The fraction of sp³-hybridized carbons (Fsp3) is 0.667. The minimum atomic E-state index is 0. The molecule has 0 saturated heterocycles. The fourth-order valence-corrected chi connectivity index (χ4v) is 2.44. The van der Waals surface area contributed by atoms with Crippen LogP contribution in [0.1, 0.15) is 52.9 Å². The van der Waals surface area contributed by atoms with Crippen molar-refractivity contribution < 1.29 is 0 Å². The number of pyridine rings is 1. The van der Waals surface area contributed by atoms with E-state index >= 15 is 0 Å². The zero-order chi connectivity index (χ0) is 17.1. The van der Waals surface area contributed by atoms with Gasteiger partial charge in [0.15, 0.2) is 5.96 Å². The second kappa shape index (κ2) is 13.3. The van der Waals surface area contributed by atoms with E-state index in [9.17, 15) is 4.79 Å². The van der Waals surface area contributed by atoms with Gasteiger partial charge in [-0.1, -0.05) is 32.8 Å². The van der Waals surface area contributed by atoms with Gasteiger partial charge in [0.25, 0.3) is 0 Å². The quantitative estimate of drug-likeness (QED) is 0.250. The number of hydrogen-bond donors (Lipinski definition) is 2. The van der Waals surface area contributed by atoms with Crippen molar-refractivity contribution in [2.45, 2.75) is 65.5 Å². The smallest absolute Gasteiger partial charge is 0.250 e. The predicted molar refractivity (Wildman–Crippen MR) is 113 cm³/mol. The highest BCUT2D eigenvalue weighted by Gasteiger charge is 2.03. The maximum Gasteiger partial charge on any atom is 0.250 e.